The number of hydrogen-bond acceptors (Lipinski definition) is 5. The average Bonchev–Trinajstić information content (AvgIpc) is 3.35. The van der Waals surface area contributed by atoms with Crippen LogP contribution in [0.4, 0.5) is 13.2 Å². The van der Waals surface area contributed by atoms with Gasteiger partial charge < -0.3 is 18.6 Å². The second-order valence-corrected chi connectivity index (χ2v) is 9.13. The van der Waals surface area contributed by atoms with Crippen LogP contribution in [0, 0.1) is 0 Å². The second-order valence-electron chi connectivity index (χ2n) is 9.13. The Labute approximate surface area is 213 Å². The molecule has 1 aliphatic heterocycles. The molecule has 0 amide bonds. The van der Waals surface area contributed by atoms with E-state index in [1.807, 2.05) is 18.2 Å². The van der Waals surface area contributed by atoms with Crippen molar-refractivity contribution < 1.29 is 31.8 Å². The van der Waals surface area contributed by atoms with Crippen LogP contribution in [0.5, 0.6) is 17.2 Å². The fourth-order valence-electron chi connectivity index (χ4n) is 5.16. The average molecular weight is 512 g/mol. The summed E-state index contributed by atoms with van der Waals surface area (Å²) in [6, 6.07) is 15.0. The number of nitrogens with zero attached hydrogens (tertiary/aromatic N) is 1. The number of hydrogen-bond donors (Lipinski definition) is 0. The zero-order valence-electron chi connectivity index (χ0n) is 21.1. The van der Waals surface area contributed by atoms with Crippen molar-refractivity contribution in [1.82, 2.24) is 4.90 Å². The molecule has 0 fully saturated rings. The van der Waals surface area contributed by atoms with Crippen LogP contribution in [-0.4, -0.2) is 32.8 Å². The standard InChI is InChI=1S/C29H28F3NO4/c1-17-21-14-27(36-4)26(35-3)13-18(21)11-12-33(17)16-19-9-10-24(34-2)28-22(19)15-25(37-28)20-7-5-6-8-23(20)29(30,31)32/h5-10,13-15,17H,11-12,16H2,1-4H3. The number of ether oxygens (including phenoxy) is 3. The minimum absolute atomic E-state index is 0.000475. The molecule has 8 heteroatoms. The van der Waals surface area contributed by atoms with Crippen LogP contribution in [0.1, 0.15) is 35.2 Å². The highest BCUT2D eigenvalue weighted by atomic mass is 19.4. The van der Waals surface area contributed by atoms with Crippen LogP contribution in [0.2, 0.25) is 0 Å². The molecule has 0 radical (unpaired) electrons. The van der Waals surface area contributed by atoms with Gasteiger partial charge in [0.1, 0.15) is 5.76 Å². The number of benzene rings is 3. The summed E-state index contributed by atoms with van der Waals surface area (Å²) in [5.74, 6) is 2.03. The van der Waals surface area contributed by atoms with Crippen molar-refractivity contribution in [1.29, 1.82) is 0 Å². The summed E-state index contributed by atoms with van der Waals surface area (Å²) < 4.78 is 63.6. The Morgan fingerprint density at radius 2 is 1.62 bits per heavy atom. The van der Waals surface area contributed by atoms with Crippen molar-refractivity contribution >= 4 is 11.0 Å². The van der Waals surface area contributed by atoms with Gasteiger partial charge in [0.15, 0.2) is 22.8 Å². The first-order valence-electron chi connectivity index (χ1n) is 12.0. The van der Waals surface area contributed by atoms with Crippen molar-refractivity contribution in [3.63, 3.8) is 0 Å². The molecular weight excluding hydrogens is 483 g/mol. The summed E-state index contributed by atoms with van der Waals surface area (Å²) >= 11 is 0. The zero-order valence-corrected chi connectivity index (χ0v) is 21.1. The summed E-state index contributed by atoms with van der Waals surface area (Å²) in [6.45, 7) is 3.55. The van der Waals surface area contributed by atoms with E-state index in [1.54, 1.807) is 32.4 Å². The third kappa shape index (κ3) is 4.50. The van der Waals surface area contributed by atoms with Crippen molar-refractivity contribution in [2.24, 2.45) is 0 Å². The number of rotatable bonds is 6. The maximum Gasteiger partial charge on any atom is 0.417 e. The molecule has 2 heterocycles. The maximum absolute atomic E-state index is 13.7. The summed E-state index contributed by atoms with van der Waals surface area (Å²) in [4.78, 5) is 2.34. The minimum atomic E-state index is -4.50. The lowest BCUT2D eigenvalue weighted by molar-refractivity contribution is -0.137. The SMILES string of the molecule is COc1cc2c(cc1OC)C(C)N(Cc1ccc(OC)c3oc(-c4ccccc4C(F)(F)F)cc13)CC2. The van der Waals surface area contributed by atoms with Crippen molar-refractivity contribution in [3.05, 3.63) is 76.9 Å². The molecule has 37 heavy (non-hydrogen) atoms. The monoisotopic (exact) mass is 511 g/mol. The smallest absolute Gasteiger partial charge is 0.417 e. The number of furan rings is 1. The van der Waals surface area contributed by atoms with E-state index >= 15 is 0 Å². The van der Waals surface area contributed by atoms with E-state index < -0.39 is 11.7 Å². The number of methoxy groups -OCH3 is 3. The van der Waals surface area contributed by atoms with E-state index in [2.05, 4.69) is 11.8 Å². The molecule has 0 saturated heterocycles. The lowest BCUT2D eigenvalue weighted by Crippen LogP contribution is -2.33. The third-order valence-electron chi connectivity index (χ3n) is 7.14. The van der Waals surface area contributed by atoms with Gasteiger partial charge in [-0.1, -0.05) is 24.3 Å². The summed E-state index contributed by atoms with van der Waals surface area (Å²) in [5.41, 5.74) is 3.03. The molecule has 0 saturated carbocycles. The highest BCUT2D eigenvalue weighted by Crippen LogP contribution is 2.43. The van der Waals surface area contributed by atoms with Crippen LogP contribution in [0.3, 0.4) is 0 Å². The van der Waals surface area contributed by atoms with Gasteiger partial charge in [-0.25, -0.2) is 0 Å². The van der Waals surface area contributed by atoms with Crippen LogP contribution in [0.15, 0.2) is 59.0 Å². The molecule has 5 nitrogen and oxygen atoms in total. The van der Waals surface area contributed by atoms with E-state index in [0.717, 1.165) is 30.0 Å². The quantitative estimate of drug-likeness (QED) is 0.273. The molecule has 4 aromatic rings. The van der Waals surface area contributed by atoms with Crippen molar-refractivity contribution in [3.8, 4) is 28.6 Å². The summed E-state index contributed by atoms with van der Waals surface area (Å²) in [7, 11) is 4.77. The van der Waals surface area contributed by atoms with Gasteiger partial charge in [0.05, 0.1) is 26.9 Å². The molecule has 0 spiro atoms. The molecule has 0 aliphatic carbocycles. The van der Waals surface area contributed by atoms with Crippen molar-refractivity contribution in [2.75, 3.05) is 27.9 Å². The van der Waals surface area contributed by atoms with E-state index in [9.17, 15) is 13.2 Å². The van der Waals surface area contributed by atoms with Crippen LogP contribution in [0.25, 0.3) is 22.3 Å². The molecule has 1 aromatic heterocycles. The highest BCUT2D eigenvalue weighted by molar-refractivity contribution is 5.90. The van der Waals surface area contributed by atoms with Crippen LogP contribution in [-0.2, 0) is 19.1 Å². The summed E-state index contributed by atoms with van der Waals surface area (Å²) in [6.07, 6.45) is -3.65. The molecule has 0 bridgehead atoms. The molecule has 1 aliphatic rings. The fraction of sp³-hybridized carbons (Fsp3) is 0.310. The van der Waals surface area contributed by atoms with Gasteiger partial charge in [0.25, 0.3) is 0 Å². The lowest BCUT2D eigenvalue weighted by atomic mass is 9.92. The Morgan fingerprint density at radius 1 is 0.919 bits per heavy atom. The van der Waals surface area contributed by atoms with Crippen LogP contribution < -0.4 is 14.2 Å². The first kappa shape index (κ1) is 25.0. The Morgan fingerprint density at radius 3 is 2.32 bits per heavy atom. The first-order valence-corrected chi connectivity index (χ1v) is 12.0. The molecule has 1 unspecified atom stereocenters. The number of halogens is 3. The first-order chi connectivity index (χ1) is 17.7. The van der Waals surface area contributed by atoms with E-state index in [1.165, 1.54) is 30.4 Å². The van der Waals surface area contributed by atoms with E-state index in [0.29, 0.717) is 29.4 Å². The van der Waals surface area contributed by atoms with Gasteiger partial charge in [-0.05, 0) is 60.4 Å². The molecular formula is C29H28F3NO4. The lowest BCUT2D eigenvalue weighted by Gasteiger charge is -2.36. The van der Waals surface area contributed by atoms with Gasteiger partial charge in [0, 0.05) is 30.1 Å². The largest absolute Gasteiger partial charge is 0.493 e. The van der Waals surface area contributed by atoms with Gasteiger partial charge in [0.2, 0.25) is 0 Å². The normalized spacial score (nSPS) is 16.0. The molecule has 3 aromatic carbocycles. The van der Waals surface area contributed by atoms with Gasteiger partial charge in [-0.15, -0.1) is 0 Å². The predicted molar refractivity (Wildman–Crippen MR) is 135 cm³/mol. The number of alkyl halides is 3. The van der Waals surface area contributed by atoms with E-state index in [4.69, 9.17) is 18.6 Å². The Bertz CT molecular complexity index is 1440. The molecule has 5 rings (SSSR count). The Balaban J connectivity index is 1.53. The van der Waals surface area contributed by atoms with Gasteiger partial charge in [-0.2, -0.15) is 13.2 Å². The summed E-state index contributed by atoms with van der Waals surface area (Å²) in [5, 5.41) is 0.733. The van der Waals surface area contributed by atoms with Crippen molar-refractivity contribution in [2.45, 2.75) is 32.1 Å². The van der Waals surface area contributed by atoms with E-state index in [-0.39, 0.29) is 17.4 Å². The van der Waals surface area contributed by atoms with Gasteiger partial charge in [-0.3, -0.25) is 4.90 Å². The maximum atomic E-state index is 13.7. The Kier molecular flexibility index (Phi) is 6.54. The minimum Gasteiger partial charge on any atom is -0.493 e. The highest BCUT2D eigenvalue weighted by Gasteiger charge is 2.34. The molecule has 0 N–H and O–H groups in total. The fourth-order valence-corrected chi connectivity index (χ4v) is 5.16. The number of fused-ring (bicyclic) bond motifs is 2. The molecule has 194 valence electrons. The van der Waals surface area contributed by atoms with Crippen LogP contribution >= 0.6 is 0 Å². The second kappa shape index (κ2) is 9.67. The molecule has 1 atom stereocenters. The third-order valence-corrected chi connectivity index (χ3v) is 7.14. The zero-order chi connectivity index (χ0) is 26.3. The Hall–Kier alpha value is -3.65. The van der Waals surface area contributed by atoms with Gasteiger partial charge >= 0.3 is 6.18 Å². The predicted octanol–water partition coefficient (Wildman–Crippen LogP) is 7.26. The topological polar surface area (TPSA) is 44.1 Å².